The fourth-order valence-corrected chi connectivity index (χ4v) is 1.22. The Bertz CT molecular complexity index is 419. The summed E-state index contributed by atoms with van der Waals surface area (Å²) >= 11 is 0. The van der Waals surface area contributed by atoms with Crippen molar-refractivity contribution in [1.82, 2.24) is 5.32 Å². The molecular formula is C13H18FNO3. The molecular weight excluding hydrogens is 237 g/mol. The third-order valence-electron chi connectivity index (χ3n) is 1.86. The lowest BCUT2D eigenvalue weighted by Gasteiger charge is -2.08. The smallest absolute Gasteiger partial charge is 0.406 e. The van der Waals surface area contributed by atoms with Crippen LogP contribution in [0, 0.1) is 12.7 Å². The SMILES string of the molecule is CC.CCNC(=O)Oc1c(F)cc(C)cc1C=O. The molecule has 4 nitrogen and oxygen atoms in total. The highest BCUT2D eigenvalue weighted by Crippen LogP contribution is 2.23. The van der Waals surface area contributed by atoms with E-state index in [1.165, 1.54) is 12.1 Å². The van der Waals surface area contributed by atoms with E-state index in [1.807, 2.05) is 13.8 Å². The summed E-state index contributed by atoms with van der Waals surface area (Å²) in [6.07, 6.45) is -0.335. The Balaban J connectivity index is 0.00000137. The van der Waals surface area contributed by atoms with Crippen molar-refractivity contribution in [2.24, 2.45) is 0 Å². The van der Waals surface area contributed by atoms with Crippen LogP contribution < -0.4 is 10.1 Å². The standard InChI is InChI=1S/C11H12FNO3.C2H6/c1-3-13-11(15)16-10-8(6-14)4-7(2)5-9(10)12;1-2/h4-6H,3H2,1-2H3,(H,13,15);1-2H3. The predicted molar refractivity (Wildman–Crippen MR) is 67.6 cm³/mol. The zero-order valence-electron chi connectivity index (χ0n) is 11.0. The molecule has 1 amide bonds. The van der Waals surface area contributed by atoms with E-state index < -0.39 is 11.9 Å². The lowest BCUT2D eigenvalue weighted by Crippen LogP contribution is -2.27. The molecule has 0 fully saturated rings. The summed E-state index contributed by atoms with van der Waals surface area (Å²) in [4.78, 5) is 21.8. The summed E-state index contributed by atoms with van der Waals surface area (Å²) in [5, 5.41) is 2.34. The first-order valence-corrected chi connectivity index (χ1v) is 5.79. The zero-order valence-corrected chi connectivity index (χ0v) is 11.0. The van der Waals surface area contributed by atoms with E-state index in [2.05, 4.69) is 5.32 Å². The van der Waals surface area contributed by atoms with Gasteiger partial charge in [-0.15, -0.1) is 0 Å². The third-order valence-corrected chi connectivity index (χ3v) is 1.86. The quantitative estimate of drug-likeness (QED) is 0.844. The van der Waals surface area contributed by atoms with E-state index in [1.54, 1.807) is 13.8 Å². The molecule has 5 heteroatoms. The van der Waals surface area contributed by atoms with Gasteiger partial charge in [0, 0.05) is 6.54 Å². The first-order valence-electron chi connectivity index (χ1n) is 5.79. The van der Waals surface area contributed by atoms with Crippen molar-refractivity contribution < 1.29 is 18.7 Å². The van der Waals surface area contributed by atoms with Crippen LogP contribution in [-0.4, -0.2) is 18.9 Å². The number of carbonyl (C=O) groups excluding carboxylic acids is 2. The van der Waals surface area contributed by atoms with Gasteiger partial charge in [-0.05, 0) is 31.5 Å². The molecule has 0 aliphatic carbocycles. The molecule has 0 saturated heterocycles. The van der Waals surface area contributed by atoms with Crippen LogP contribution in [0.15, 0.2) is 12.1 Å². The van der Waals surface area contributed by atoms with Crippen LogP contribution in [0.2, 0.25) is 0 Å². The molecule has 0 radical (unpaired) electrons. The van der Waals surface area contributed by atoms with Crippen molar-refractivity contribution >= 4 is 12.4 Å². The molecule has 18 heavy (non-hydrogen) atoms. The largest absolute Gasteiger partial charge is 0.412 e. The van der Waals surface area contributed by atoms with Gasteiger partial charge in [0.25, 0.3) is 0 Å². The highest BCUT2D eigenvalue weighted by atomic mass is 19.1. The van der Waals surface area contributed by atoms with E-state index >= 15 is 0 Å². The van der Waals surface area contributed by atoms with Gasteiger partial charge in [0.2, 0.25) is 0 Å². The number of nitrogens with one attached hydrogen (secondary N) is 1. The Kier molecular flexibility index (Phi) is 7.35. The maximum Gasteiger partial charge on any atom is 0.412 e. The summed E-state index contributed by atoms with van der Waals surface area (Å²) in [5.74, 6) is -1.07. The third kappa shape index (κ3) is 4.53. The number of carbonyl (C=O) groups is 2. The molecule has 0 unspecified atom stereocenters. The second-order valence-corrected chi connectivity index (χ2v) is 3.20. The number of ether oxygens (including phenoxy) is 1. The molecule has 0 saturated carbocycles. The summed E-state index contributed by atoms with van der Waals surface area (Å²) in [6, 6.07) is 2.65. The lowest BCUT2D eigenvalue weighted by molar-refractivity contribution is 0.112. The van der Waals surface area contributed by atoms with Crippen molar-refractivity contribution in [3.05, 3.63) is 29.1 Å². The number of hydrogen-bond acceptors (Lipinski definition) is 3. The van der Waals surface area contributed by atoms with Gasteiger partial charge >= 0.3 is 6.09 Å². The van der Waals surface area contributed by atoms with Crippen LogP contribution in [0.5, 0.6) is 5.75 Å². The number of halogens is 1. The van der Waals surface area contributed by atoms with Crippen LogP contribution in [0.4, 0.5) is 9.18 Å². The number of rotatable bonds is 3. The van der Waals surface area contributed by atoms with Crippen molar-refractivity contribution in [3.8, 4) is 5.75 Å². The van der Waals surface area contributed by atoms with Gasteiger partial charge in [-0.2, -0.15) is 0 Å². The molecule has 1 N–H and O–H groups in total. The summed E-state index contributed by atoms with van der Waals surface area (Å²) < 4.78 is 18.1. The summed E-state index contributed by atoms with van der Waals surface area (Å²) in [5.41, 5.74) is 0.603. The number of aldehydes is 1. The Labute approximate surface area is 106 Å². The normalized spacial score (nSPS) is 8.94. The maximum atomic E-state index is 13.4. The van der Waals surface area contributed by atoms with Gasteiger partial charge < -0.3 is 10.1 Å². The second-order valence-electron chi connectivity index (χ2n) is 3.20. The van der Waals surface area contributed by atoms with E-state index in [4.69, 9.17) is 4.74 Å². The lowest BCUT2D eigenvalue weighted by atomic mass is 10.1. The van der Waals surface area contributed by atoms with Crippen molar-refractivity contribution in [2.45, 2.75) is 27.7 Å². The first-order chi connectivity index (χ1) is 8.58. The molecule has 0 aliphatic heterocycles. The first kappa shape index (κ1) is 16.1. The minimum Gasteiger partial charge on any atom is -0.406 e. The van der Waals surface area contributed by atoms with Crippen LogP contribution in [0.1, 0.15) is 36.7 Å². The average Bonchev–Trinajstić information content (AvgIpc) is 2.35. The number of aryl methyl sites for hydroxylation is 1. The van der Waals surface area contributed by atoms with Crippen molar-refractivity contribution in [3.63, 3.8) is 0 Å². The van der Waals surface area contributed by atoms with Crippen molar-refractivity contribution in [1.29, 1.82) is 0 Å². The molecule has 1 aromatic carbocycles. The molecule has 1 rings (SSSR count). The van der Waals surface area contributed by atoms with Gasteiger partial charge in [0.15, 0.2) is 17.9 Å². The molecule has 0 bridgehead atoms. The molecule has 1 aromatic rings. The van der Waals surface area contributed by atoms with Crippen molar-refractivity contribution in [2.75, 3.05) is 6.54 Å². The van der Waals surface area contributed by atoms with E-state index in [9.17, 15) is 14.0 Å². The number of amides is 1. The van der Waals surface area contributed by atoms with Crippen LogP contribution in [0.25, 0.3) is 0 Å². The molecule has 0 atom stereocenters. The Morgan fingerprint density at radius 3 is 2.56 bits per heavy atom. The number of hydrogen-bond donors (Lipinski definition) is 1. The minimum atomic E-state index is -0.784. The number of benzene rings is 1. The van der Waals surface area contributed by atoms with Gasteiger partial charge in [-0.25, -0.2) is 9.18 Å². The van der Waals surface area contributed by atoms with Gasteiger partial charge in [-0.3, -0.25) is 4.79 Å². The van der Waals surface area contributed by atoms with E-state index in [0.29, 0.717) is 18.4 Å². The summed E-state index contributed by atoms with van der Waals surface area (Å²) in [7, 11) is 0. The topological polar surface area (TPSA) is 55.4 Å². The Morgan fingerprint density at radius 2 is 2.06 bits per heavy atom. The van der Waals surface area contributed by atoms with Gasteiger partial charge in [-0.1, -0.05) is 13.8 Å². The monoisotopic (exact) mass is 255 g/mol. The van der Waals surface area contributed by atoms with E-state index in [0.717, 1.165) is 0 Å². The van der Waals surface area contributed by atoms with E-state index in [-0.39, 0.29) is 11.3 Å². The highest BCUT2D eigenvalue weighted by molar-refractivity contribution is 5.82. The van der Waals surface area contributed by atoms with Crippen LogP contribution >= 0.6 is 0 Å². The molecule has 0 aliphatic rings. The van der Waals surface area contributed by atoms with Crippen LogP contribution in [-0.2, 0) is 0 Å². The molecule has 100 valence electrons. The minimum absolute atomic E-state index is 0.0174. The molecule has 0 heterocycles. The fourth-order valence-electron chi connectivity index (χ4n) is 1.22. The highest BCUT2D eigenvalue weighted by Gasteiger charge is 2.14. The predicted octanol–water partition coefficient (Wildman–Crippen LogP) is 3.08. The maximum absolute atomic E-state index is 13.4. The van der Waals surface area contributed by atoms with Gasteiger partial charge in [0.1, 0.15) is 0 Å². The second kappa shape index (κ2) is 8.22. The molecule has 0 spiro atoms. The fraction of sp³-hybridized carbons (Fsp3) is 0.385. The van der Waals surface area contributed by atoms with Crippen LogP contribution in [0.3, 0.4) is 0 Å². The Morgan fingerprint density at radius 1 is 1.44 bits per heavy atom. The molecule has 0 aromatic heterocycles. The zero-order chi connectivity index (χ0) is 14.1. The van der Waals surface area contributed by atoms with Gasteiger partial charge in [0.05, 0.1) is 5.56 Å². The average molecular weight is 255 g/mol. The Hall–Kier alpha value is -1.91. The summed E-state index contributed by atoms with van der Waals surface area (Å²) in [6.45, 7) is 7.71.